The number of nitrogens with one attached hydrogen (secondary N) is 2. The maximum Gasteiger partial charge on any atom is 0.320 e. The maximum atomic E-state index is 11.5. The van der Waals surface area contributed by atoms with E-state index in [0.29, 0.717) is 11.6 Å². The van der Waals surface area contributed by atoms with Crippen molar-refractivity contribution in [3.63, 3.8) is 0 Å². The summed E-state index contributed by atoms with van der Waals surface area (Å²) < 4.78 is 9.58. The summed E-state index contributed by atoms with van der Waals surface area (Å²) in [7, 11) is 1.30. The van der Waals surface area contributed by atoms with Gasteiger partial charge >= 0.3 is 12.0 Å². The summed E-state index contributed by atoms with van der Waals surface area (Å²) in [6.45, 7) is 6.14. The molecular weight excluding hydrogens is 250 g/mol. The molecule has 2 N–H and O–H groups in total. The van der Waals surface area contributed by atoms with Gasteiger partial charge in [0.15, 0.2) is 5.82 Å². The van der Waals surface area contributed by atoms with Crippen LogP contribution in [0.1, 0.15) is 33.0 Å². The van der Waals surface area contributed by atoms with Crippen molar-refractivity contribution in [3.05, 3.63) is 11.8 Å². The number of methoxy groups -OCH3 is 1. The Kier molecular flexibility index (Phi) is 4.91. The van der Waals surface area contributed by atoms with Crippen LogP contribution in [-0.2, 0) is 14.9 Å². The number of carbonyl (C=O) groups is 2. The van der Waals surface area contributed by atoms with Gasteiger partial charge in [-0.05, 0) is 0 Å². The van der Waals surface area contributed by atoms with Crippen LogP contribution in [-0.4, -0.2) is 30.8 Å². The number of aromatic nitrogens is 1. The molecule has 0 bridgehead atoms. The number of ether oxygens (including phenoxy) is 1. The fourth-order valence-electron chi connectivity index (χ4n) is 1.23. The average molecular weight is 269 g/mol. The third kappa shape index (κ3) is 4.99. The molecule has 106 valence electrons. The molecule has 0 aliphatic heterocycles. The molecule has 1 heterocycles. The maximum absolute atomic E-state index is 11.5. The SMILES string of the molecule is COC(=O)CCNC(=O)Nc1cc(C(C)(C)C)on1. The Bertz CT molecular complexity index is 448. The molecule has 19 heavy (non-hydrogen) atoms. The summed E-state index contributed by atoms with van der Waals surface area (Å²) in [6, 6.07) is 1.22. The monoisotopic (exact) mass is 269 g/mol. The van der Waals surface area contributed by atoms with Crippen LogP contribution in [0.2, 0.25) is 0 Å². The summed E-state index contributed by atoms with van der Waals surface area (Å²) in [6.07, 6.45) is 0.121. The molecular formula is C12H19N3O4. The average Bonchev–Trinajstić information content (AvgIpc) is 2.77. The zero-order valence-corrected chi connectivity index (χ0v) is 11.6. The van der Waals surface area contributed by atoms with Crippen LogP contribution < -0.4 is 10.6 Å². The first-order valence-corrected chi connectivity index (χ1v) is 5.92. The van der Waals surface area contributed by atoms with Crippen LogP contribution in [0.15, 0.2) is 10.6 Å². The number of hydrogen-bond donors (Lipinski definition) is 2. The van der Waals surface area contributed by atoms with Crippen molar-refractivity contribution in [1.82, 2.24) is 10.5 Å². The first-order valence-electron chi connectivity index (χ1n) is 5.92. The number of carbonyl (C=O) groups excluding carboxylic acids is 2. The van der Waals surface area contributed by atoms with Gasteiger partial charge in [-0.2, -0.15) is 0 Å². The fourth-order valence-corrected chi connectivity index (χ4v) is 1.23. The van der Waals surface area contributed by atoms with Gasteiger partial charge in [0.1, 0.15) is 5.76 Å². The Morgan fingerprint density at radius 3 is 2.63 bits per heavy atom. The van der Waals surface area contributed by atoms with Crippen LogP contribution in [0.3, 0.4) is 0 Å². The Balaban J connectivity index is 2.40. The number of urea groups is 1. The van der Waals surface area contributed by atoms with Crippen molar-refractivity contribution in [3.8, 4) is 0 Å². The molecule has 0 unspecified atom stereocenters. The summed E-state index contributed by atoms with van der Waals surface area (Å²) in [5, 5.41) is 8.77. The lowest BCUT2D eigenvalue weighted by molar-refractivity contribution is -0.140. The molecule has 0 fully saturated rings. The summed E-state index contributed by atoms with van der Waals surface area (Å²) >= 11 is 0. The molecule has 1 aromatic heterocycles. The van der Waals surface area contributed by atoms with E-state index in [1.54, 1.807) is 6.07 Å². The van der Waals surface area contributed by atoms with Crippen LogP contribution in [0, 0.1) is 0 Å². The van der Waals surface area contributed by atoms with Crippen molar-refractivity contribution in [1.29, 1.82) is 0 Å². The van der Waals surface area contributed by atoms with Gasteiger partial charge in [0.05, 0.1) is 13.5 Å². The first-order chi connectivity index (χ1) is 8.82. The topological polar surface area (TPSA) is 93.5 Å². The molecule has 7 heteroatoms. The van der Waals surface area contributed by atoms with E-state index in [4.69, 9.17) is 4.52 Å². The molecule has 2 amide bonds. The Hall–Kier alpha value is -2.05. The van der Waals surface area contributed by atoms with Crippen molar-refractivity contribution in [2.24, 2.45) is 0 Å². The lowest BCUT2D eigenvalue weighted by atomic mass is 9.93. The third-order valence-corrected chi connectivity index (χ3v) is 2.33. The van der Waals surface area contributed by atoms with Gasteiger partial charge in [0.25, 0.3) is 0 Å². The number of amides is 2. The number of hydrogen-bond acceptors (Lipinski definition) is 5. The Labute approximate surface area is 111 Å². The minimum absolute atomic E-state index is 0.121. The highest BCUT2D eigenvalue weighted by molar-refractivity contribution is 5.88. The van der Waals surface area contributed by atoms with Gasteiger partial charge in [0, 0.05) is 18.0 Å². The van der Waals surface area contributed by atoms with Crippen LogP contribution in [0.4, 0.5) is 10.6 Å². The van der Waals surface area contributed by atoms with Crippen LogP contribution in [0.5, 0.6) is 0 Å². The molecule has 0 aliphatic carbocycles. The quantitative estimate of drug-likeness (QED) is 0.811. The summed E-state index contributed by atoms with van der Waals surface area (Å²) in [5.74, 6) is 0.634. The molecule has 1 aromatic rings. The molecule has 0 atom stereocenters. The fraction of sp³-hybridized carbons (Fsp3) is 0.583. The number of esters is 1. The molecule has 0 aliphatic rings. The van der Waals surface area contributed by atoms with Gasteiger partial charge in [-0.25, -0.2) is 4.79 Å². The second-order valence-electron chi connectivity index (χ2n) is 5.03. The minimum atomic E-state index is -0.447. The van der Waals surface area contributed by atoms with E-state index in [0.717, 1.165) is 0 Å². The molecule has 7 nitrogen and oxygen atoms in total. The highest BCUT2D eigenvalue weighted by atomic mass is 16.5. The molecule has 0 saturated heterocycles. The number of anilines is 1. The van der Waals surface area contributed by atoms with E-state index in [2.05, 4.69) is 20.5 Å². The van der Waals surface area contributed by atoms with Crippen LogP contribution >= 0.6 is 0 Å². The smallest absolute Gasteiger partial charge is 0.320 e. The molecule has 0 spiro atoms. The van der Waals surface area contributed by atoms with Crippen LogP contribution in [0.25, 0.3) is 0 Å². The van der Waals surface area contributed by atoms with Gasteiger partial charge in [0.2, 0.25) is 0 Å². The van der Waals surface area contributed by atoms with Crippen molar-refractivity contribution < 1.29 is 18.8 Å². The first kappa shape index (κ1) is 15.0. The van der Waals surface area contributed by atoms with Crippen molar-refractivity contribution in [2.75, 3.05) is 19.0 Å². The van der Waals surface area contributed by atoms with E-state index in [-0.39, 0.29) is 24.3 Å². The minimum Gasteiger partial charge on any atom is -0.469 e. The summed E-state index contributed by atoms with van der Waals surface area (Å²) in [5.41, 5.74) is -0.172. The van der Waals surface area contributed by atoms with Gasteiger partial charge < -0.3 is 14.6 Å². The van der Waals surface area contributed by atoms with E-state index in [1.165, 1.54) is 7.11 Å². The Morgan fingerprint density at radius 1 is 1.42 bits per heavy atom. The zero-order valence-electron chi connectivity index (χ0n) is 11.6. The van der Waals surface area contributed by atoms with E-state index < -0.39 is 6.03 Å². The highest BCUT2D eigenvalue weighted by Crippen LogP contribution is 2.24. The van der Waals surface area contributed by atoms with Gasteiger partial charge in [-0.15, -0.1) is 0 Å². The predicted octanol–water partition coefficient (Wildman–Crippen LogP) is 1.66. The normalized spacial score (nSPS) is 10.9. The molecule has 0 radical (unpaired) electrons. The molecule has 1 rings (SSSR count). The second-order valence-corrected chi connectivity index (χ2v) is 5.03. The molecule has 0 saturated carbocycles. The van der Waals surface area contributed by atoms with Gasteiger partial charge in [-0.3, -0.25) is 10.1 Å². The van der Waals surface area contributed by atoms with E-state index in [1.807, 2.05) is 20.8 Å². The van der Waals surface area contributed by atoms with Crippen molar-refractivity contribution >= 4 is 17.8 Å². The lowest BCUT2D eigenvalue weighted by Gasteiger charge is -2.12. The second kappa shape index (κ2) is 6.21. The third-order valence-electron chi connectivity index (χ3n) is 2.33. The number of rotatable bonds is 4. The molecule has 0 aromatic carbocycles. The standard InChI is InChI=1S/C12H19N3O4/c1-12(2,3)8-7-9(15-19-8)14-11(17)13-6-5-10(16)18-4/h7H,5-6H2,1-4H3,(H2,13,14,15,17). The van der Waals surface area contributed by atoms with Crippen molar-refractivity contribution in [2.45, 2.75) is 32.6 Å². The van der Waals surface area contributed by atoms with E-state index >= 15 is 0 Å². The predicted molar refractivity (Wildman–Crippen MR) is 68.9 cm³/mol. The zero-order chi connectivity index (χ0) is 14.5. The van der Waals surface area contributed by atoms with E-state index in [9.17, 15) is 9.59 Å². The largest absolute Gasteiger partial charge is 0.469 e. The lowest BCUT2D eigenvalue weighted by Crippen LogP contribution is -2.30. The summed E-state index contributed by atoms with van der Waals surface area (Å²) in [4.78, 5) is 22.3. The highest BCUT2D eigenvalue weighted by Gasteiger charge is 2.20. The Morgan fingerprint density at radius 2 is 2.11 bits per heavy atom. The van der Waals surface area contributed by atoms with Gasteiger partial charge in [-0.1, -0.05) is 25.9 Å². The number of nitrogens with zero attached hydrogens (tertiary/aromatic N) is 1.